The van der Waals surface area contributed by atoms with Crippen molar-refractivity contribution in [2.75, 3.05) is 5.32 Å². The van der Waals surface area contributed by atoms with E-state index in [1.54, 1.807) is 24.4 Å². The van der Waals surface area contributed by atoms with Gasteiger partial charge in [-0.25, -0.2) is 4.98 Å². The van der Waals surface area contributed by atoms with Crippen LogP contribution in [-0.4, -0.2) is 16.0 Å². The second-order valence-corrected chi connectivity index (χ2v) is 7.26. The minimum absolute atomic E-state index is 0.245. The van der Waals surface area contributed by atoms with Crippen molar-refractivity contribution in [1.82, 2.24) is 10.1 Å². The molecule has 0 atom stereocenters. The number of amides is 1. The predicted molar refractivity (Wildman–Crippen MR) is 104 cm³/mol. The van der Waals surface area contributed by atoms with Crippen LogP contribution in [0, 0.1) is 20.8 Å². The molecule has 0 radical (unpaired) electrons. The molecule has 1 N–H and O–H groups in total. The minimum atomic E-state index is -0.245. The molecule has 0 aliphatic heterocycles. The van der Waals surface area contributed by atoms with Crippen molar-refractivity contribution in [3.63, 3.8) is 0 Å². The smallest absolute Gasteiger partial charge is 0.258 e. The van der Waals surface area contributed by atoms with Crippen LogP contribution in [-0.2, 0) is 5.75 Å². The lowest BCUT2D eigenvalue weighted by atomic mass is 10.2. The van der Waals surface area contributed by atoms with Crippen molar-refractivity contribution in [2.24, 2.45) is 0 Å². The molecule has 0 fully saturated rings. The van der Waals surface area contributed by atoms with Gasteiger partial charge >= 0.3 is 0 Å². The Balaban J connectivity index is 1.79. The summed E-state index contributed by atoms with van der Waals surface area (Å²) >= 11 is 7.69. The maximum atomic E-state index is 12.7. The Hall–Kier alpha value is -2.31. The first-order chi connectivity index (χ1) is 12.5. The Kier molecular flexibility index (Phi) is 5.64. The second kappa shape index (κ2) is 7.93. The lowest BCUT2D eigenvalue weighted by molar-refractivity contribution is 0.102. The van der Waals surface area contributed by atoms with E-state index >= 15 is 0 Å². The standard InChI is InChI=1S/C19H18ClN3O2S/c1-11-6-7-17(16(20)9-11)22-18(24)14-5-4-8-21-19(14)26-10-15-12(2)23-25-13(15)3/h4-9H,10H2,1-3H3,(H,22,24). The lowest BCUT2D eigenvalue weighted by Gasteiger charge is -2.10. The molecule has 2 heterocycles. The van der Waals surface area contributed by atoms with E-state index in [0.717, 1.165) is 22.6 Å². The van der Waals surface area contributed by atoms with Crippen molar-refractivity contribution >= 4 is 35.0 Å². The van der Waals surface area contributed by atoms with Gasteiger partial charge in [-0.3, -0.25) is 4.79 Å². The van der Waals surface area contributed by atoms with Crippen LogP contribution in [0.5, 0.6) is 0 Å². The largest absolute Gasteiger partial charge is 0.361 e. The number of hydrogen-bond donors (Lipinski definition) is 1. The highest BCUT2D eigenvalue weighted by atomic mass is 35.5. The highest BCUT2D eigenvalue weighted by molar-refractivity contribution is 7.98. The number of aromatic nitrogens is 2. The number of nitrogens with one attached hydrogen (secondary N) is 1. The number of pyridine rings is 1. The number of nitrogens with zero attached hydrogens (tertiary/aromatic N) is 2. The fraction of sp³-hybridized carbons (Fsp3) is 0.211. The van der Waals surface area contributed by atoms with Crippen molar-refractivity contribution in [3.8, 4) is 0 Å². The van der Waals surface area contributed by atoms with Crippen LogP contribution >= 0.6 is 23.4 Å². The van der Waals surface area contributed by atoms with Crippen LogP contribution in [0.25, 0.3) is 0 Å². The Morgan fingerprint density at radius 1 is 1.27 bits per heavy atom. The number of carbonyl (C=O) groups excluding carboxylic acids is 1. The van der Waals surface area contributed by atoms with Gasteiger partial charge in [0.1, 0.15) is 10.8 Å². The summed E-state index contributed by atoms with van der Waals surface area (Å²) in [5, 5.41) is 7.96. The first-order valence-electron chi connectivity index (χ1n) is 8.02. The first-order valence-corrected chi connectivity index (χ1v) is 9.39. The van der Waals surface area contributed by atoms with Gasteiger partial charge in [-0.2, -0.15) is 0 Å². The number of thioether (sulfide) groups is 1. The van der Waals surface area contributed by atoms with Gasteiger partial charge in [0.2, 0.25) is 0 Å². The summed E-state index contributed by atoms with van der Waals surface area (Å²) in [6, 6.07) is 9.00. The molecule has 2 aromatic heterocycles. The molecule has 0 saturated heterocycles. The van der Waals surface area contributed by atoms with Gasteiger partial charge in [0.05, 0.1) is 22.0 Å². The molecule has 5 nitrogen and oxygen atoms in total. The number of halogens is 1. The maximum absolute atomic E-state index is 12.7. The highest BCUT2D eigenvalue weighted by Gasteiger charge is 2.16. The molecule has 134 valence electrons. The average Bonchev–Trinajstić information content (AvgIpc) is 2.94. The molecule has 0 bridgehead atoms. The monoisotopic (exact) mass is 387 g/mol. The van der Waals surface area contributed by atoms with Gasteiger partial charge in [-0.15, -0.1) is 11.8 Å². The summed E-state index contributed by atoms with van der Waals surface area (Å²) in [6.45, 7) is 5.72. The SMILES string of the molecule is Cc1ccc(NC(=O)c2cccnc2SCc2c(C)noc2C)c(Cl)c1. The topological polar surface area (TPSA) is 68.0 Å². The van der Waals surface area contributed by atoms with Crippen LogP contribution < -0.4 is 5.32 Å². The third kappa shape index (κ3) is 4.08. The third-order valence-corrected chi connectivity index (χ3v) is 5.27. The van der Waals surface area contributed by atoms with E-state index in [9.17, 15) is 4.79 Å². The quantitative estimate of drug-likeness (QED) is 0.610. The van der Waals surface area contributed by atoms with E-state index in [-0.39, 0.29) is 5.91 Å². The van der Waals surface area contributed by atoms with Gasteiger partial charge in [0.15, 0.2) is 0 Å². The molecule has 3 rings (SSSR count). The number of rotatable bonds is 5. The van der Waals surface area contributed by atoms with Crippen LogP contribution in [0.2, 0.25) is 5.02 Å². The third-order valence-electron chi connectivity index (χ3n) is 3.92. The van der Waals surface area contributed by atoms with E-state index in [2.05, 4.69) is 15.5 Å². The first kappa shape index (κ1) is 18.5. The molecule has 26 heavy (non-hydrogen) atoms. The fourth-order valence-electron chi connectivity index (χ4n) is 2.44. The molecule has 0 aliphatic carbocycles. The average molecular weight is 388 g/mol. The van der Waals surface area contributed by atoms with Gasteiger partial charge in [0, 0.05) is 17.5 Å². The Bertz CT molecular complexity index is 936. The molecule has 7 heteroatoms. The maximum Gasteiger partial charge on any atom is 0.258 e. The zero-order valence-corrected chi connectivity index (χ0v) is 16.2. The van der Waals surface area contributed by atoms with Crippen LogP contribution in [0.4, 0.5) is 5.69 Å². The molecular formula is C19H18ClN3O2S. The van der Waals surface area contributed by atoms with E-state index in [1.165, 1.54) is 11.8 Å². The fourth-order valence-corrected chi connectivity index (χ4v) is 3.87. The van der Waals surface area contributed by atoms with Crippen LogP contribution in [0.15, 0.2) is 46.1 Å². The number of aryl methyl sites for hydroxylation is 3. The summed E-state index contributed by atoms with van der Waals surface area (Å²) in [4.78, 5) is 17.1. The van der Waals surface area contributed by atoms with Crippen molar-refractivity contribution in [3.05, 3.63) is 69.7 Å². The highest BCUT2D eigenvalue weighted by Crippen LogP contribution is 2.28. The molecule has 0 unspecified atom stereocenters. The summed E-state index contributed by atoms with van der Waals surface area (Å²) in [5.74, 6) is 1.16. The zero-order chi connectivity index (χ0) is 18.7. The Morgan fingerprint density at radius 2 is 2.08 bits per heavy atom. The van der Waals surface area contributed by atoms with Gasteiger partial charge < -0.3 is 9.84 Å². The van der Waals surface area contributed by atoms with Gasteiger partial charge in [-0.05, 0) is 50.6 Å². The summed E-state index contributed by atoms with van der Waals surface area (Å²) in [6.07, 6.45) is 1.67. The lowest BCUT2D eigenvalue weighted by Crippen LogP contribution is -2.14. The van der Waals surface area contributed by atoms with Crippen molar-refractivity contribution in [2.45, 2.75) is 31.6 Å². The Labute approximate surface area is 161 Å². The molecule has 3 aromatic rings. The molecule has 1 amide bonds. The van der Waals surface area contributed by atoms with Crippen molar-refractivity contribution < 1.29 is 9.32 Å². The van der Waals surface area contributed by atoms with E-state index in [0.29, 0.717) is 27.1 Å². The summed E-state index contributed by atoms with van der Waals surface area (Å²) in [5.41, 5.74) is 3.98. The van der Waals surface area contributed by atoms with Gasteiger partial charge in [0.25, 0.3) is 5.91 Å². The number of carbonyl (C=O) groups is 1. The van der Waals surface area contributed by atoms with E-state index in [1.807, 2.05) is 32.9 Å². The summed E-state index contributed by atoms with van der Waals surface area (Å²) < 4.78 is 5.19. The normalized spacial score (nSPS) is 10.8. The predicted octanol–water partition coefficient (Wildman–Crippen LogP) is 5.19. The second-order valence-electron chi connectivity index (χ2n) is 5.88. The minimum Gasteiger partial charge on any atom is -0.361 e. The zero-order valence-electron chi connectivity index (χ0n) is 14.7. The molecule has 0 saturated carbocycles. The molecule has 0 spiro atoms. The summed E-state index contributed by atoms with van der Waals surface area (Å²) in [7, 11) is 0. The van der Waals surface area contributed by atoms with Crippen LogP contribution in [0.1, 0.15) is 32.9 Å². The Morgan fingerprint density at radius 3 is 2.77 bits per heavy atom. The van der Waals surface area contributed by atoms with Crippen LogP contribution in [0.3, 0.4) is 0 Å². The number of anilines is 1. The molecule has 1 aromatic carbocycles. The number of benzene rings is 1. The molecular weight excluding hydrogens is 370 g/mol. The number of hydrogen-bond acceptors (Lipinski definition) is 5. The van der Waals surface area contributed by atoms with Crippen molar-refractivity contribution in [1.29, 1.82) is 0 Å². The van der Waals surface area contributed by atoms with Gasteiger partial charge in [-0.1, -0.05) is 22.8 Å². The van der Waals surface area contributed by atoms with E-state index < -0.39 is 0 Å². The van der Waals surface area contributed by atoms with E-state index in [4.69, 9.17) is 16.1 Å². The molecule has 0 aliphatic rings.